The lowest BCUT2D eigenvalue weighted by molar-refractivity contribution is -0.133. The molecular formula is C26H26O9. The number of aromatic hydroxyl groups is 1. The van der Waals surface area contributed by atoms with Crippen molar-refractivity contribution in [3.63, 3.8) is 0 Å². The van der Waals surface area contributed by atoms with Gasteiger partial charge in [0.05, 0.1) is 12.0 Å². The lowest BCUT2D eigenvalue weighted by Gasteiger charge is -2.29. The lowest BCUT2D eigenvalue weighted by Crippen LogP contribution is -2.23. The molecule has 1 heterocycles. The molecule has 1 aliphatic rings. The molecule has 9 heteroatoms. The Morgan fingerprint density at radius 1 is 0.971 bits per heavy atom. The van der Waals surface area contributed by atoms with Gasteiger partial charge in [0.2, 0.25) is 0 Å². The van der Waals surface area contributed by atoms with E-state index in [1.54, 1.807) is 0 Å². The minimum atomic E-state index is -1.02. The van der Waals surface area contributed by atoms with Crippen LogP contribution >= 0.6 is 0 Å². The third-order valence-electron chi connectivity index (χ3n) is 5.07. The molecule has 1 aliphatic heterocycles. The molecule has 1 N–H and O–H groups in total. The van der Waals surface area contributed by atoms with E-state index < -0.39 is 29.8 Å². The highest BCUT2D eigenvalue weighted by molar-refractivity contribution is 6.03. The first-order chi connectivity index (χ1) is 16.5. The van der Waals surface area contributed by atoms with Crippen LogP contribution in [0.4, 0.5) is 0 Å². The van der Waals surface area contributed by atoms with Crippen LogP contribution in [0.25, 0.3) is 0 Å². The summed E-state index contributed by atoms with van der Waals surface area (Å²) >= 11 is 0. The van der Waals surface area contributed by atoms with Crippen LogP contribution < -0.4 is 18.9 Å². The summed E-state index contributed by atoms with van der Waals surface area (Å²) < 4.78 is 21.9. The molecule has 0 amide bonds. The highest BCUT2D eigenvalue weighted by Gasteiger charge is 2.36. The number of hydrogen-bond donors (Lipinski definition) is 1. The monoisotopic (exact) mass is 482 g/mol. The zero-order valence-corrected chi connectivity index (χ0v) is 20.1. The Balaban J connectivity index is 2.15. The summed E-state index contributed by atoms with van der Waals surface area (Å²) in [5.41, 5.74) is 1.38. The Labute approximate surface area is 202 Å². The van der Waals surface area contributed by atoms with Crippen molar-refractivity contribution in [2.45, 2.75) is 53.6 Å². The van der Waals surface area contributed by atoms with Gasteiger partial charge in [0, 0.05) is 32.4 Å². The van der Waals surface area contributed by atoms with Crippen molar-refractivity contribution in [1.29, 1.82) is 0 Å². The van der Waals surface area contributed by atoms with Gasteiger partial charge in [0.15, 0.2) is 5.78 Å². The summed E-state index contributed by atoms with van der Waals surface area (Å²) in [6.45, 7) is 7.39. The van der Waals surface area contributed by atoms with Gasteiger partial charge in [-0.3, -0.25) is 19.2 Å². The number of Topliss-reactive ketones (excluding diaryl/α,β-unsaturated/α-hetero) is 1. The molecule has 2 aromatic rings. The summed E-state index contributed by atoms with van der Waals surface area (Å²) in [6, 6.07) is 5.86. The summed E-state index contributed by atoms with van der Waals surface area (Å²) in [4.78, 5) is 48.2. The third kappa shape index (κ3) is 5.87. The largest absolute Gasteiger partial charge is 0.507 e. The van der Waals surface area contributed by atoms with Crippen molar-refractivity contribution >= 4 is 23.7 Å². The van der Waals surface area contributed by atoms with E-state index in [9.17, 15) is 24.3 Å². The number of ether oxygens (including phenoxy) is 4. The minimum Gasteiger partial charge on any atom is -0.507 e. The van der Waals surface area contributed by atoms with Crippen molar-refractivity contribution in [2.75, 3.05) is 0 Å². The molecule has 9 nitrogen and oxygen atoms in total. The molecule has 0 bridgehead atoms. The van der Waals surface area contributed by atoms with Gasteiger partial charge in [-0.2, -0.15) is 0 Å². The summed E-state index contributed by atoms with van der Waals surface area (Å²) in [7, 11) is 0. The van der Waals surface area contributed by atoms with Crippen LogP contribution in [0.15, 0.2) is 35.9 Å². The third-order valence-corrected chi connectivity index (χ3v) is 5.07. The minimum absolute atomic E-state index is 0.0210. The van der Waals surface area contributed by atoms with Gasteiger partial charge >= 0.3 is 17.9 Å². The molecule has 184 valence electrons. The molecule has 2 aromatic carbocycles. The van der Waals surface area contributed by atoms with Crippen molar-refractivity contribution in [3.8, 4) is 28.7 Å². The molecule has 0 saturated heterocycles. The second kappa shape index (κ2) is 10.4. The van der Waals surface area contributed by atoms with E-state index in [1.165, 1.54) is 45.0 Å². The molecular weight excluding hydrogens is 456 g/mol. The molecule has 0 aliphatic carbocycles. The fourth-order valence-electron chi connectivity index (χ4n) is 3.73. The number of allylic oxidation sites excluding steroid dienone is 2. The average Bonchev–Trinajstić information content (AvgIpc) is 2.71. The van der Waals surface area contributed by atoms with Crippen LogP contribution in [-0.4, -0.2) is 28.8 Å². The SMILES string of the molecule is CC(=O)Oc1cc2c(c(O)c1CC=C(C)C)C(=O)CC(c1c(OC(C)=O)cccc1OC(C)=O)O2. The second-order valence-corrected chi connectivity index (χ2v) is 8.24. The predicted octanol–water partition coefficient (Wildman–Crippen LogP) is 4.38. The first-order valence-corrected chi connectivity index (χ1v) is 10.9. The van der Waals surface area contributed by atoms with E-state index in [-0.39, 0.29) is 58.3 Å². The van der Waals surface area contributed by atoms with Crippen molar-refractivity contribution in [1.82, 2.24) is 0 Å². The number of fused-ring (bicyclic) bond motifs is 1. The molecule has 0 radical (unpaired) electrons. The normalized spacial score (nSPS) is 14.3. The molecule has 0 aromatic heterocycles. The Kier molecular flexibility index (Phi) is 7.58. The molecule has 0 saturated carbocycles. The van der Waals surface area contributed by atoms with E-state index in [2.05, 4.69) is 0 Å². The number of ketones is 1. The smallest absolute Gasteiger partial charge is 0.308 e. The maximum Gasteiger partial charge on any atom is 0.308 e. The number of benzene rings is 2. The number of rotatable bonds is 6. The Morgan fingerprint density at radius 2 is 1.51 bits per heavy atom. The van der Waals surface area contributed by atoms with Crippen LogP contribution in [0.3, 0.4) is 0 Å². The van der Waals surface area contributed by atoms with Crippen LogP contribution in [0, 0.1) is 0 Å². The molecule has 1 unspecified atom stereocenters. The van der Waals surface area contributed by atoms with Crippen LogP contribution in [0.1, 0.15) is 68.6 Å². The second-order valence-electron chi connectivity index (χ2n) is 8.24. The molecule has 1 atom stereocenters. The zero-order chi connectivity index (χ0) is 25.9. The van der Waals surface area contributed by atoms with Crippen molar-refractivity contribution in [3.05, 3.63) is 52.6 Å². The van der Waals surface area contributed by atoms with Gasteiger partial charge in [-0.1, -0.05) is 17.7 Å². The van der Waals surface area contributed by atoms with Gasteiger partial charge in [-0.05, 0) is 32.4 Å². The summed E-state index contributed by atoms with van der Waals surface area (Å²) in [6.07, 6.45) is 0.800. The summed E-state index contributed by atoms with van der Waals surface area (Å²) in [5.74, 6) is -2.50. The van der Waals surface area contributed by atoms with Gasteiger partial charge < -0.3 is 24.1 Å². The van der Waals surface area contributed by atoms with Crippen LogP contribution in [0.2, 0.25) is 0 Å². The maximum atomic E-state index is 13.2. The number of hydrogen-bond acceptors (Lipinski definition) is 9. The molecule has 3 rings (SSSR count). The lowest BCUT2D eigenvalue weighted by atomic mass is 9.92. The Hall–Kier alpha value is -4.14. The molecule has 0 spiro atoms. The van der Waals surface area contributed by atoms with E-state index >= 15 is 0 Å². The highest BCUT2D eigenvalue weighted by Crippen LogP contribution is 2.48. The van der Waals surface area contributed by atoms with Gasteiger partial charge in [-0.15, -0.1) is 0 Å². The average molecular weight is 482 g/mol. The number of esters is 3. The fraction of sp³-hybridized carbons (Fsp3) is 0.308. The molecule has 35 heavy (non-hydrogen) atoms. The number of carbonyl (C=O) groups excluding carboxylic acids is 4. The highest BCUT2D eigenvalue weighted by atomic mass is 16.6. The quantitative estimate of drug-likeness (QED) is 0.362. The van der Waals surface area contributed by atoms with Crippen LogP contribution in [0.5, 0.6) is 28.7 Å². The van der Waals surface area contributed by atoms with E-state index in [0.29, 0.717) is 0 Å². The number of phenolic OH excluding ortho intramolecular Hbond substituents is 1. The van der Waals surface area contributed by atoms with Crippen molar-refractivity contribution < 1.29 is 43.2 Å². The standard InChI is InChI=1S/C26H26O9/c1-13(2)9-10-17-21(34-16(5)29)12-23-24(26(17)31)18(30)11-22(35-23)25-19(32-14(3)27)7-6-8-20(25)33-15(4)28/h6-9,12,22,31H,10-11H2,1-5H3. The number of phenols is 1. The number of carbonyl (C=O) groups is 4. The topological polar surface area (TPSA) is 125 Å². The first kappa shape index (κ1) is 25.5. The van der Waals surface area contributed by atoms with Crippen molar-refractivity contribution in [2.24, 2.45) is 0 Å². The van der Waals surface area contributed by atoms with Gasteiger partial charge in [-0.25, -0.2) is 0 Å². The zero-order valence-electron chi connectivity index (χ0n) is 20.1. The van der Waals surface area contributed by atoms with Gasteiger partial charge in [0.1, 0.15) is 40.4 Å². The van der Waals surface area contributed by atoms with Crippen LogP contribution in [-0.2, 0) is 20.8 Å². The molecule has 0 fully saturated rings. The van der Waals surface area contributed by atoms with E-state index in [4.69, 9.17) is 18.9 Å². The summed E-state index contributed by atoms with van der Waals surface area (Å²) in [5, 5.41) is 11.0. The maximum absolute atomic E-state index is 13.2. The first-order valence-electron chi connectivity index (χ1n) is 10.9. The van der Waals surface area contributed by atoms with E-state index in [0.717, 1.165) is 5.57 Å². The fourth-order valence-corrected chi connectivity index (χ4v) is 3.73. The van der Waals surface area contributed by atoms with Gasteiger partial charge in [0.25, 0.3) is 0 Å². The Bertz CT molecular complexity index is 1200. The van der Waals surface area contributed by atoms with E-state index in [1.807, 2.05) is 19.9 Å². The Morgan fingerprint density at radius 3 is 2.03 bits per heavy atom. The predicted molar refractivity (Wildman–Crippen MR) is 124 cm³/mol.